The molecule has 0 amide bonds. The van der Waals surface area contributed by atoms with Gasteiger partial charge >= 0.3 is 0 Å². The molecule has 21 heavy (non-hydrogen) atoms. The number of nitrogens with zero attached hydrogens (tertiary/aromatic N) is 1. The van der Waals surface area contributed by atoms with Gasteiger partial charge in [0, 0.05) is 13.1 Å². The number of benzene rings is 1. The topological polar surface area (TPSA) is 49.4 Å². The van der Waals surface area contributed by atoms with Crippen molar-refractivity contribution in [3.05, 3.63) is 28.2 Å². The van der Waals surface area contributed by atoms with E-state index in [1.54, 1.807) is 6.07 Å². The van der Waals surface area contributed by atoms with E-state index < -0.39 is 10.0 Å². The number of nitrogens with one attached hydrogen (secondary N) is 1. The molecule has 2 rings (SSSR count). The second-order valence-corrected chi connectivity index (χ2v) is 8.03. The Kier molecular flexibility index (Phi) is 5.91. The fourth-order valence-corrected chi connectivity index (χ4v) is 4.84. The van der Waals surface area contributed by atoms with Gasteiger partial charge < -0.3 is 4.90 Å². The molecule has 1 heterocycles. The van der Waals surface area contributed by atoms with Crippen LogP contribution in [0.5, 0.6) is 0 Å². The zero-order valence-corrected chi connectivity index (χ0v) is 14.3. The number of hydrogen-bond donors (Lipinski definition) is 1. The van der Waals surface area contributed by atoms with Crippen LogP contribution >= 0.6 is 23.2 Å². The molecule has 0 saturated carbocycles. The number of likely N-dealkylation sites (tertiary alicyclic amines) is 1. The SMILES string of the molecule is CC(CNS(=O)(=O)c1c(Cl)cccc1Cl)CN1CCCC1. The molecule has 1 unspecified atom stereocenters. The predicted octanol–water partition coefficient (Wildman–Crippen LogP) is 3.00. The Hall–Kier alpha value is -0.330. The van der Waals surface area contributed by atoms with E-state index in [0.29, 0.717) is 6.54 Å². The maximum absolute atomic E-state index is 12.3. The van der Waals surface area contributed by atoms with Gasteiger partial charge in [-0.15, -0.1) is 0 Å². The minimum Gasteiger partial charge on any atom is -0.303 e. The van der Waals surface area contributed by atoms with Gasteiger partial charge in [0.15, 0.2) is 0 Å². The molecular formula is C14H20Cl2N2O2S. The zero-order chi connectivity index (χ0) is 15.5. The second-order valence-electron chi connectivity index (χ2n) is 5.52. The Morgan fingerprint density at radius 1 is 1.24 bits per heavy atom. The summed E-state index contributed by atoms with van der Waals surface area (Å²) in [5.74, 6) is 0.235. The van der Waals surface area contributed by atoms with Gasteiger partial charge in [0.25, 0.3) is 0 Å². The lowest BCUT2D eigenvalue weighted by Crippen LogP contribution is -2.34. The Bertz CT molecular complexity index is 566. The summed E-state index contributed by atoms with van der Waals surface area (Å²) < 4.78 is 27.3. The Morgan fingerprint density at radius 2 is 1.81 bits per heavy atom. The van der Waals surface area contributed by atoms with Crippen LogP contribution in [0.2, 0.25) is 10.0 Å². The Balaban J connectivity index is 1.97. The third-order valence-corrected chi connectivity index (χ3v) is 5.96. The van der Waals surface area contributed by atoms with Crippen molar-refractivity contribution in [3.63, 3.8) is 0 Å². The van der Waals surface area contributed by atoms with Gasteiger partial charge in [-0.2, -0.15) is 0 Å². The lowest BCUT2D eigenvalue weighted by atomic mass is 10.2. The van der Waals surface area contributed by atoms with Crippen LogP contribution in [0, 0.1) is 5.92 Å². The molecule has 118 valence electrons. The molecule has 0 aliphatic carbocycles. The lowest BCUT2D eigenvalue weighted by molar-refractivity contribution is 0.288. The first-order valence-corrected chi connectivity index (χ1v) is 9.30. The minimum atomic E-state index is -3.68. The van der Waals surface area contributed by atoms with Crippen molar-refractivity contribution in [2.24, 2.45) is 5.92 Å². The first kappa shape index (κ1) is 17.0. The van der Waals surface area contributed by atoms with Crippen LogP contribution in [0.4, 0.5) is 0 Å². The van der Waals surface area contributed by atoms with Crippen molar-refractivity contribution in [2.45, 2.75) is 24.7 Å². The number of hydrogen-bond acceptors (Lipinski definition) is 3. The van der Waals surface area contributed by atoms with Crippen LogP contribution in [0.3, 0.4) is 0 Å². The third kappa shape index (κ3) is 4.57. The Morgan fingerprint density at radius 3 is 2.38 bits per heavy atom. The maximum atomic E-state index is 12.3. The van der Waals surface area contributed by atoms with Crippen LogP contribution in [-0.2, 0) is 10.0 Å². The lowest BCUT2D eigenvalue weighted by Gasteiger charge is -2.20. The Labute approximate surface area is 136 Å². The quantitative estimate of drug-likeness (QED) is 0.857. The molecule has 1 aromatic carbocycles. The third-order valence-electron chi connectivity index (χ3n) is 3.58. The van der Waals surface area contributed by atoms with Crippen molar-refractivity contribution in [2.75, 3.05) is 26.2 Å². The highest BCUT2D eigenvalue weighted by atomic mass is 35.5. The molecule has 1 aliphatic heterocycles. The summed E-state index contributed by atoms with van der Waals surface area (Å²) >= 11 is 11.9. The fraction of sp³-hybridized carbons (Fsp3) is 0.571. The van der Waals surface area contributed by atoms with Crippen molar-refractivity contribution < 1.29 is 8.42 Å². The number of sulfonamides is 1. The minimum absolute atomic E-state index is 0.0401. The van der Waals surface area contributed by atoms with E-state index in [0.717, 1.165) is 19.6 Å². The summed E-state index contributed by atoms with van der Waals surface area (Å²) in [4.78, 5) is 2.32. The second kappa shape index (κ2) is 7.29. The summed E-state index contributed by atoms with van der Waals surface area (Å²) in [6, 6.07) is 4.67. The van der Waals surface area contributed by atoms with Gasteiger partial charge in [-0.25, -0.2) is 13.1 Å². The van der Waals surface area contributed by atoms with Crippen LogP contribution in [0.1, 0.15) is 19.8 Å². The molecule has 1 aromatic rings. The zero-order valence-electron chi connectivity index (χ0n) is 12.0. The number of rotatable bonds is 6. The predicted molar refractivity (Wildman–Crippen MR) is 86.5 cm³/mol. The number of halogens is 2. The molecule has 1 saturated heterocycles. The van der Waals surface area contributed by atoms with Gasteiger partial charge in [0.2, 0.25) is 10.0 Å². The molecule has 4 nitrogen and oxygen atoms in total. The average Bonchev–Trinajstić information content (AvgIpc) is 2.89. The smallest absolute Gasteiger partial charge is 0.243 e. The summed E-state index contributed by atoms with van der Waals surface area (Å²) in [7, 11) is -3.68. The van der Waals surface area contributed by atoms with Crippen molar-refractivity contribution >= 4 is 33.2 Å². The van der Waals surface area contributed by atoms with E-state index in [-0.39, 0.29) is 20.9 Å². The highest BCUT2D eigenvalue weighted by molar-refractivity contribution is 7.89. The molecule has 0 spiro atoms. The molecule has 0 radical (unpaired) electrons. The largest absolute Gasteiger partial charge is 0.303 e. The average molecular weight is 351 g/mol. The van der Waals surface area contributed by atoms with E-state index in [1.807, 2.05) is 6.92 Å². The standard InChI is InChI=1S/C14H20Cl2N2O2S/c1-11(10-18-7-2-3-8-18)9-17-21(19,20)14-12(15)5-4-6-13(14)16/h4-6,11,17H,2-3,7-10H2,1H3. The van der Waals surface area contributed by atoms with E-state index in [9.17, 15) is 8.42 Å². The van der Waals surface area contributed by atoms with Crippen molar-refractivity contribution in [1.82, 2.24) is 9.62 Å². The molecule has 1 aliphatic rings. The molecule has 0 bridgehead atoms. The first-order valence-electron chi connectivity index (χ1n) is 7.06. The van der Waals surface area contributed by atoms with E-state index in [4.69, 9.17) is 23.2 Å². The monoisotopic (exact) mass is 350 g/mol. The fourth-order valence-electron chi connectivity index (χ4n) is 2.53. The molecule has 7 heteroatoms. The summed E-state index contributed by atoms with van der Waals surface area (Å²) in [5, 5.41) is 0.282. The maximum Gasteiger partial charge on any atom is 0.243 e. The van der Waals surface area contributed by atoms with Crippen LogP contribution in [0.15, 0.2) is 23.1 Å². The summed E-state index contributed by atoms with van der Waals surface area (Å²) in [6.45, 7) is 5.52. The van der Waals surface area contributed by atoms with Crippen molar-refractivity contribution in [3.8, 4) is 0 Å². The normalized spacial score (nSPS) is 18.0. The highest BCUT2D eigenvalue weighted by Gasteiger charge is 2.22. The molecular weight excluding hydrogens is 331 g/mol. The summed E-state index contributed by atoms with van der Waals surface area (Å²) in [6.07, 6.45) is 2.46. The van der Waals surface area contributed by atoms with E-state index >= 15 is 0 Å². The van der Waals surface area contributed by atoms with Crippen LogP contribution in [-0.4, -0.2) is 39.5 Å². The van der Waals surface area contributed by atoms with Crippen molar-refractivity contribution in [1.29, 1.82) is 0 Å². The highest BCUT2D eigenvalue weighted by Crippen LogP contribution is 2.28. The van der Waals surface area contributed by atoms with Gasteiger partial charge in [0.1, 0.15) is 4.90 Å². The first-order chi connectivity index (χ1) is 9.90. The van der Waals surface area contributed by atoms with E-state index in [2.05, 4.69) is 9.62 Å². The van der Waals surface area contributed by atoms with Gasteiger partial charge in [-0.1, -0.05) is 36.2 Å². The van der Waals surface area contributed by atoms with Gasteiger partial charge in [-0.3, -0.25) is 0 Å². The van der Waals surface area contributed by atoms with Crippen LogP contribution < -0.4 is 4.72 Å². The van der Waals surface area contributed by atoms with Gasteiger partial charge in [0.05, 0.1) is 10.0 Å². The molecule has 1 fully saturated rings. The van der Waals surface area contributed by atoms with Crippen LogP contribution in [0.25, 0.3) is 0 Å². The molecule has 1 atom stereocenters. The molecule has 1 N–H and O–H groups in total. The van der Waals surface area contributed by atoms with E-state index in [1.165, 1.54) is 25.0 Å². The molecule has 0 aromatic heterocycles. The summed E-state index contributed by atoms with van der Waals surface area (Å²) in [5.41, 5.74) is 0. The van der Waals surface area contributed by atoms with Gasteiger partial charge in [-0.05, 0) is 44.0 Å².